The van der Waals surface area contributed by atoms with Gasteiger partial charge in [0.2, 0.25) is 0 Å². The minimum atomic E-state index is -0.314. The van der Waals surface area contributed by atoms with E-state index in [9.17, 15) is 0 Å². The van der Waals surface area contributed by atoms with Crippen molar-refractivity contribution in [3.05, 3.63) is 24.0 Å². The second-order valence-corrected chi connectivity index (χ2v) is 4.43. The highest BCUT2D eigenvalue weighted by Gasteiger charge is 2.03. The fourth-order valence-electron chi connectivity index (χ4n) is 1.77. The lowest BCUT2D eigenvalue weighted by Gasteiger charge is -2.10. The van der Waals surface area contributed by atoms with Crippen LogP contribution >= 0.6 is 0 Å². The number of fused-ring (bicyclic) bond motifs is 1. The largest absolute Gasteiger partial charge is 0.392 e. The number of pyridine rings is 1. The lowest BCUT2D eigenvalue weighted by molar-refractivity contribution is 0.192. The number of hydrogen-bond donors (Lipinski definition) is 3. The zero-order valence-electron chi connectivity index (χ0n) is 10.7. The molecule has 0 amide bonds. The topological polar surface area (TPSA) is 74.5 Å². The summed E-state index contributed by atoms with van der Waals surface area (Å²) in [6.07, 6.45) is 1.23. The summed E-state index contributed by atoms with van der Waals surface area (Å²) in [5.41, 5.74) is 1.99. The average Bonchev–Trinajstić information content (AvgIpc) is 2.75. The van der Waals surface area contributed by atoms with E-state index in [4.69, 9.17) is 5.11 Å². The zero-order valence-corrected chi connectivity index (χ0v) is 10.7. The Labute approximate surface area is 106 Å². The summed E-state index contributed by atoms with van der Waals surface area (Å²) in [6, 6.07) is 4.03. The number of aromatic nitrogens is 3. The van der Waals surface area contributed by atoms with Crippen molar-refractivity contribution < 1.29 is 5.11 Å². The number of rotatable bonds is 6. The van der Waals surface area contributed by atoms with Gasteiger partial charge in [0, 0.05) is 19.6 Å². The molecule has 2 heterocycles. The van der Waals surface area contributed by atoms with Gasteiger partial charge in [0.15, 0.2) is 5.65 Å². The summed E-state index contributed by atoms with van der Waals surface area (Å²) >= 11 is 0. The Bertz CT molecular complexity index is 508. The maximum atomic E-state index is 9.11. The molecule has 0 saturated carbocycles. The van der Waals surface area contributed by atoms with E-state index in [1.165, 1.54) is 0 Å². The number of nitrogens with zero attached hydrogens (tertiary/aromatic N) is 3. The molecule has 6 heteroatoms. The van der Waals surface area contributed by atoms with Crippen LogP contribution in [0.3, 0.4) is 0 Å². The predicted molar refractivity (Wildman–Crippen MR) is 70.8 cm³/mol. The van der Waals surface area contributed by atoms with E-state index in [1.54, 1.807) is 17.8 Å². The first-order chi connectivity index (χ1) is 8.66. The molecule has 0 fully saturated rings. The second-order valence-electron chi connectivity index (χ2n) is 4.43. The van der Waals surface area contributed by atoms with Crippen LogP contribution in [0.25, 0.3) is 5.65 Å². The molecule has 0 bridgehead atoms. The average molecular weight is 249 g/mol. The van der Waals surface area contributed by atoms with Gasteiger partial charge in [-0.25, -0.2) is 4.98 Å². The van der Waals surface area contributed by atoms with E-state index in [-0.39, 0.29) is 6.10 Å². The molecule has 98 valence electrons. The Morgan fingerprint density at radius 3 is 3.00 bits per heavy atom. The first-order valence-electron chi connectivity index (χ1n) is 6.10. The Kier molecular flexibility index (Phi) is 4.11. The lowest BCUT2D eigenvalue weighted by atomic mass is 10.3. The molecular formula is C12H19N5O. The molecule has 0 spiro atoms. The summed E-state index contributed by atoms with van der Waals surface area (Å²) in [5.74, 6) is 0.932. The van der Waals surface area contributed by atoms with Crippen molar-refractivity contribution in [2.45, 2.75) is 20.0 Å². The van der Waals surface area contributed by atoms with Gasteiger partial charge in [-0.3, -0.25) is 0 Å². The Morgan fingerprint density at radius 1 is 1.39 bits per heavy atom. The van der Waals surface area contributed by atoms with Gasteiger partial charge in [0.25, 0.3) is 0 Å². The smallest absolute Gasteiger partial charge is 0.157 e. The van der Waals surface area contributed by atoms with Crippen LogP contribution in [0, 0.1) is 6.92 Å². The van der Waals surface area contributed by atoms with E-state index in [1.807, 2.05) is 19.1 Å². The van der Waals surface area contributed by atoms with Crippen LogP contribution in [0.5, 0.6) is 0 Å². The molecule has 0 saturated heterocycles. The van der Waals surface area contributed by atoms with Gasteiger partial charge in [-0.2, -0.15) is 9.61 Å². The quantitative estimate of drug-likeness (QED) is 0.647. The van der Waals surface area contributed by atoms with Gasteiger partial charge in [-0.1, -0.05) is 0 Å². The van der Waals surface area contributed by atoms with Crippen LogP contribution in [0.4, 0.5) is 5.82 Å². The van der Waals surface area contributed by atoms with Crippen LogP contribution < -0.4 is 10.6 Å². The van der Waals surface area contributed by atoms with Crippen molar-refractivity contribution in [2.75, 3.05) is 25.0 Å². The van der Waals surface area contributed by atoms with Crippen molar-refractivity contribution in [1.29, 1.82) is 0 Å². The van der Waals surface area contributed by atoms with Crippen molar-refractivity contribution in [3.8, 4) is 0 Å². The second kappa shape index (κ2) is 5.79. The van der Waals surface area contributed by atoms with Gasteiger partial charge >= 0.3 is 0 Å². The van der Waals surface area contributed by atoms with E-state index in [0.29, 0.717) is 6.54 Å². The molecule has 2 aromatic heterocycles. The van der Waals surface area contributed by atoms with Gasteiger partial charge in [0.1, 0.15) is 12.1 Å². The summed E-state index contributed by atoms with van der Waals surface area (Å²) in [6.45, 7) is 5.96. The van der Waals surface area contributed by atoms with E-state index >= 15 is 0 Å². The number of aryl methyl sites for hydroxylation is 1. The fourth-order valence-corrected chi connectivity index (χ4v) is 1.77. The molecule has 1 atom stereocenters. The molecule has 2 rings (SSSR count). The molecule has 3 N–H and O–H groups in total. The summed E-state index contributed by atoms with van der Waals surface area (Å²) in [4.78, 5) is 4.17. The molecule has 18 heavy (non-hydrogen) atoms. The van der Waals surface area contributed by atoms with Crippen molar-refractivity contribution in [1.82, 2.24) is 19.9 Å². The third-order valence-electron chi connectivity index (χ3n) is 2.57. The van der Waals surface area contributed by atoms with Gasteiger partial charge in [0.05, 0.1) is 6.10 Å². The molecular weight excluding hydrogens is 230 g/mol. The van der Waals surface area contributed by atoms with E-state index < -0.39 is 0 Å². The van der Waals surface area contributed by atoms with Crippen LogP contribution in [-0.4, -0.2) is 45.4 Å². The number of aliphatic hydroxyl groups excluding tert-OH is 1. The van der Waals surface area contributed by atoms with Crippen molar-refractivity contribution in [2.24, 2.45) is 0 Å². The third kappa shape index (κ3) is 3.18. The molecule has 1 unspecified atom stereocenters. The maximum absolute atomic E-state index is 9.11. The highest BCUT2D eigenvalue weighted by Crippen LogP contribution is 2.12. The molecule has 6 nitrogen and oxygen atoms in total. The maximum Gasteiger partial charge on any atom is 0.157 e. The SMILES string of the molecule is Cc1cc(NCCNCC(C)O)n2ncnc2c1. The summed E-state index contributed by atoms with van der Waals surface area (Å²) in [7, 11) is 0. The van der Waals surface area contributed by atoms with Crippen LogP contribution in [0.15, 0.2) is 18.5 Å². The molecule has 0 aliphatic carbocycles. The summed E-state index contributed by atoms with van der Waals surface area (Å²) < 4.78 is 1.78. The van der Waals surface area contributed by atoms with E-state index in [0.717, 1.165) is 30.1 Å². The summed E-state index contributed by atoms with van der Waals surface area (Å²) in [5, 5.41) is 19.7. The van der Waals surface area contributed by atoms with Gasteiger partial charge in [-0.15, -0.1) is 0 Å². The third-order valence-corrected chi connectivity index (χ3v) is 2.57. The Balaban J connectivity index is 1.93. The van der Waals surface area contributed by atoms with Crippen LogP contribution in [-0.2, 0) is 0 Å². The first-order valence-corrected chi connectivity index (χ1v) is 6.10. The number of anilines is 1. The highest BCUT2D eigenvalue weighted by atomic mass is 16.3. The molecule has 0 radical (unpaired) electrons. The Morgan fingerprint density at radius 2 is 2.22 bits per heavy atom. The zero-order chi connectivity index (χ0) is 13.0. The molecule has 0 aliphatic rings. The molecule has 2 aromatic rings. The normalized spacial score (nSPS) is 12.8. The fraction of sp³-hybridized carbons (Fsp3) is 0.500. The van der Waals surface area contributed by atoms with Crippen LogP contribution in [0.2, 0.25) is 0 Å². The number of hydrogen-bond acceptors (Lipinski definition) is 5. The highest BCUT2D eigenvalue weighted by molar-refractivity contribution is 5.51. The number of aliphatic hydroxyl groups is 1. The predicted octanol–water partition coefficient (Wildman–Crippen LogP) is 0.420. The standard InChI is InChI=1S/C12H19N5O/c1-9-5-11(14-4-3-13-7-10(2)18)17-12(6-9)15-8-16-17/h5-6,8,10,13-14,18H,3-4,7H2,1-2H3. The lowest BCUT2D eigenvalue weighted by Crippen LogP contribution is -2.29. The van der Waals surface area contributed by atoms with Crippen molar-refractivity contribution in [3.63, 3.8) is 0 Å². The Hall–Kier alpha value is -1.66. The van der Waals surface area contributed by atoms with Gasteiger partial charge in [-0.05, 0) is 31.5 Å². The van der Waals surface area contributed by atoms with Crippen LogP contribution in [0.1, 0.15) is 12.5 Å². The van der Waals surface area contributed by atoms with E-state index in [2.05, 4.69) is 20.7 Å². The monoisotopic (exact) mass is 249 g/mol. The minimum absolute atomic E-state index is 0.314. The first kappa shape index (κ1) is 12.8. The molecule has 0 aromatic carbocycles. The van der Waals surface area contributed by atoms with Crippen molar-refractivity contribution >= 4 is 11.5 Å². The van der Waals surface area contributed by atoms with Gasteiger partial charge < -0.3 is 15.7 Å². The number of nitrogens with one attached hydrogen (secondary N) is 2. The molecule has 0 aliphatic heterocycles. The minimum Gasteiger partial charge on any atom is -0.392 e.